The fraction of sp³-hybridized carbons (Fsp3) is 0.500. The van der Waals surface area contributed by atoms with Crippen molar-refractivity contribution in [2.45, 2.75) is 26.8 Å². The molecule has 0 aliphatic heterocycles. The molecule has 0 amide bonds. The molecule has 0 aliphatic rings. The zero-order valence-electron chi connectivity index (χ0n) is 9.42. The highest BCUT2D eigenvalue weighted by molar-refractivity contribution is 9.10. The fourth-order valence-electron chi connectivity index (χ4n) is 1.37. The van der Waals surface area contributed by atoms with Crippen molar-refractivity contribution in [3.63, 3.8) is 0 Å². The van der Waals surface area contributed by atoms with E-state index >= 15 is 0 Å². The van der Waals surface area contributed by atoms with Crippen molar-refractivity contribution in [3.8, 4) is 0 Å². The normalized spacial score (nSPS) is 12.9. The van der Waals surface area contributed by atoms with Gasteiger partial charge in [-0.3, -0.25) is 0 Å². The summed E-state index contributed by atoms with van der Waals surface area (Å²) in [6, 6.07) is 6.23. The van der Waals surface area contributed by atoms with E-state index in [1.54, 1.807) is 0 Å². The molecule has 1 rings (SSSR count). The van der Waals surface area contributed by atoms with Crippen LogP contribution in [0.15, 0.2) is 22.7 Å². The second kappa shape index (κ2) is 5.52. The van der Waals surface area contributed by atoms with E-state index in [0.29, 0.717) is 5.92 Å². The SMILES string of the molecule is Cc1cc(NC(CO)C(C)C)ccc1Br. The maximum atomic E-state index is 9.21. The van der Waals surface area contributed by atoms with E-state index in [-0.39, 0.29) is 12.6 Å². The molecule has 0 fully saturated rings. The lowest BCUT2D eigenvalue weighted by molar-refractivity contribution is 0.249. The van der Waals surface area contributed by atoms with Crippen LogP contribution < -0.4 is 5.32 Å². The average molecular weight is 272 g/mol. The van der Waals surface area contributed by atoms with Gasteiger partial charge in [-0.2, -0.15) is 0 Å². The summed E-state index contributed by atoms with van der Waals surface area (Å²) in [6.45, 7) is 6.41. The molecule has 0 aliphatic carbocycles. The van der Waals surface area contributed by atoms with E-state index in [9.17, 15) is 5.11 Å². The number of aliphatic hydroxyl groups is 1. The molecule has 0 saturated carbocycles. The summed E-state index contributed by atoms with van der Waals surface area (Å²) >= 11 is 3.46. The summed E-state index contributed by atoms with van der Waals surface area (Å²) < 4.78 is 1.11. The monoisotopic (exact) mass is 271 g/mol. The van der Waals surface area contributed by atoms with E-state index in [1.807, 2.05) is 12.1 Å². The highest BCUT2D eigenvalue weighted by atomic mass is 79.9. The highest BCUT2D eigenvalue weighted by Gasteiger charge is 2.11. The van der Waals surface area contributed by atoms with E-state index in [0.717, 1.165) is 10.2 Å². The van der Waals surface area contributed by atoms with Crippen LogP contribution in [0.3, 0.4) is 0 Å². The number of aliphatic hydroxyl groups excluding tert-OH is 1. The maximum absolute atomic E-state index is 9.21. The van der Waals surface area contributed by atoms with Crippen LogP contribution >= 0.6 is 15.9 Å². The molecule has 2 N–H and O–H groups in total. The largest absolute Gasteiger partial charge is 0.394 e. The number of anilines is 1. The zero-order chi connectivity index (χ0) is 11.4. The van der Waals surface area contributed by atoms with Crippen LogP contribution in [0.2, 0.25) is 0 Å². The number of hydrogen-bond acceptors (Lipinski definition) is 2. The summed E-state index contributed by atoms with van der Waals surface area (Å²) in [6.07, 6.45) is 0. The molecule has 0 radical (unpaired) electrons. The summed E-state index contributed by atoms with van der Waals surface area (Å²) in [4.78, 5) is 0. The second-order valence-corrected chi connectivity index (χ2v) is 5.00. The van der Waals surface area contributed by atoms with Gasteiger partial charge in [0.25, 0.3) is 0 Å². The van der Waals surface area contributed by atoms with Gasteiger partial charge in [0.05, 0.1) is 12.6 Å². The smallest absolute Gasteiger partial charge is 0.0635 e. The number of halogens is 1. The molecule has 2 nitrogen and oxygen atoms in total. The minimum absolute atomic E-state index is 0.116. The van der Waals surface area contributed by atoms with Crippen molar-refractivity contribution in [1.82, 2.24) is 0 Å². The van der Waals surface area contributed by atoms with Gasteiger partial charge in [-0.1, -0.05) is 29.8 Å². The Morgan fingerprint density at radius 3 is 2.53 bits per heavy atom. The Hall–Kier alpha value is -0.540. The molecule has 84 valence electrons. The average Bonchev–Trinajstić information content (AvgIpc) is 2.19. The standard InChI is InChI=1S/C12H18BrNO/c1-8(2)12(7-15)14-10-4-5-11(13)9(3)6-10/h4-6,8,12,14-15H,7H2,1-3H3. The van der Waals surface area contributed by atoms with Crippen molar-refractivity contribution in [3.05, 3.63) is 28.2 Å². The van der Waals surface area contributed by atoms with Crippen LogP contribution in [0.25, 0.3) is 0 Å². The number of nitrogens with one attached hydrogen (secondary N) is 1. The lowest BCUT2D eigenvalue weighted by Crippen LogP contribution is -2.29. The first-order chi connectivity index (χ1) is 7.04. The lowest BCUT2D eigenvalue weighted by atomic mass is 10.0. The third-order valence-corrected chi connectivity index (χ3v) is 3.40. The minimum Gasteiger partial charge on any atom is -0.394 e. The first-order valence-corrected chi connectivity index (χ1v) is 5.97. The van der Waals surface area contributed by atoms with Crippen LogP contribution in [0.4, 0.5) is 5.69 Å². The Balaban J connectivity index is 2.75. The Labute approximate surface area is 99.8 Å². The first-order valence-electron chi connectivity index (χ1n) is 5.18. The van der Waals surface area contributed by atoms with Gasteiger partial charge < -0.3 is 10.4 Å². The van der Waals surface area contributed by atoms with Crippen LogP contribution in [0.1, 0.15) is 19.4 Å². The lowest BCUT2D eigenvalue weighted by Gasteiger charge is -2.21. The quantitative estimate of drug-likeness (QED) is 0.882. The third kappa shape index (κ3) is 3.50. The van der Waals surface area contributed by atoms with Crippen LogP contribution in [-0.2, 0) is 0 Å². The molecule has 0 bridgehead atoms. The summed E-state index contributed by atoms with van der Waals surface area (Å²) in [5.41, 5.74) is 2.25. The van der Waals surface area contributed by atoms with Crippen LogP contribution in [-0.4, -0.2) is 17.8 Å². The van der Waals surface area contributed by atoms with E-state index in [4.69, 9.17) is 0 Å². The first kappa shape index (κ1) is 12.5. The molecule has 0 aromatic heterocycles. The van der Waals surface area contributed by atoms with Crippen LogP contribution in [0.5, 0.6) is 0 Å². The van der Waals surface area contributed by atoms with Crippen molar-refractivity contribution >= 4 is 21.6 Å². The Kier molecular flexibility index (Phi) is 4.61. The molecule has 3 heteroatoms. The van der Waals surface area contributed by atoms with Gasteiger partial charge in [0.1, 0.15) is 0 Å². The number of aryl methyl sites for hydroxylation is 1. The molecule has 1 atom stereocenters. The van der Waals surface area contributed by atoms with Gasteiger partial charge in [0.15, 0.2) is 0 Å². The maximum Gasteiger partial charge on any atom is 0.0635 e. The van der Waals surface area contributed by atoms with Gasteiger partial charge in [0, 0.05) is 10.2 Å². The third-order valence-electron chi connectivity index (χ3n) is 2.51. The molecule has 1 aromatic carbocycles. The predicted molar refractivity (Wildman–Crippen MR) is 68.2 cm³/mol. The summed E-state index contributed by atoms with van der Waals surface area (Å²) in [5, 5.41) is 12.5. The molecular formula is C12H18BrNO. The molecule has 1 unspecified atom stereocenters. The minimum atomic E-state index is 0.116. The van der Waals surface area contributed by atoms with Gasteiger partial charge in [-0.25, -0.2) is 0 Å². The van der Waals surface area contributed by atoms with E-state index in [1.165, 1.54) is 5.56 Å². The van der Waals surface area contributed by atoms with Crippen LogP contribution in [0, 0.1) is 12.8 Å². The van der Waals surface area contributed by atoms with Gasteiger partial charge in [-0.15, -0.1) is 0 Å². The molecule has 0 saturated heterocycles. The zero-order valence-corrected chi connectivity index (χ0v) is 11.0. The van der Waals surface area contributed by atoms with Crippen molar-refractivity contribution < 1.29 is 5.11 Å². The van der Waals surface area contributed by atoms with Crippen molar-refractivity contribution in [2.24, 2.45) is 5.92 Å². The predicted octanol–water partition coefficient (Wildman–Crippen LogP) is 3.19. The van der Waals surface area contributed by atoms with Gasteiger partial charge in [0.2, 0.25) is 0 Å². The fourth-order valence-corrected chi connectivity index (χ4v) is 1.62. The molecule has 0 heterocycles. The topological polar surface area (TPSA) is 32.3 Å². The number of hydrogen-bond donors (Lipinski definition) is 2. The van der Waals surface area contributed by atoms with E-state index < -0.39 is 0 Å². The number of benzene rings is 1. The van der Waals surface area contributed by atoms with Gasteiger partial charge >= 0.3 is 0 Å². The Morgan fingerprint density at radius 2 is 2.07 bits per heavy atom. The summed E-state index contributed by atoms with van der Waals surface area (Å²) in [7, 11) is 0. The number of rotatable bonds is 4. The van der Waals surface area contributed by atoms with Crippen molar-refractivity contribution in [2.75, 3.05) is 11.9 Å². The molecule has 1 aromatic rings. The van der Waals surface area contributed by atoms with Crippen molar-refractivity contribution in [1.29, 1.82) is 0 Å². The highest BCUT2D eigenvalue weighted by Crippen LogP contribution is 2.21. The second-order valence-electron chi connectivity index (χ2n) is 4.14. The molecule has 0 spiro atoms. The Morgan fingerprint density at radius 1 is 1.40 bits per heavy atom. The van der Waals surface area contributed by atoms with Gasteiger partial charge in [-0.05, 0) is 36.6 Å². The molecule has 15 heavy (non-hydrogen) atoms. The summed E-state index contributed by atoms with van der Waals surface area (Å²) in [5.74, 6) is 0.416. The molecular weight excluding hydrogens is 254 g/mol. The van der Waals surface area contributed by atoms with E-state index in [2.05, 4.69) is 48.1 Å². The Bertz CT molecular complexity index is 325.